The number of carboxylic acids is 1. The van der Waals surface area contributed by atoms with E-state index in [2.05, 4.69) is 0 Å². The molecular formula is C9H16FNO5S. The van der Waals surface area contributed by atoms with Crippen LogP contribution in [0.2, 0.25) is 0 Å². The van der Waals surface area contributed by atoms with Crippen molar-refractivity contribution in [2.75, 3.05) is 11.5 Å². The van der Waals surface area contributed by atoms with E-state index in [1.807, 2.05) is 0 Å². The molecule has 1 rings (SSSR count). The van der Waals surface area contributed by atoms with Gasteiger partial charge in [0.25, 0.3) is 0 Å². The third kappa shape index (κ3) is 4.07. The average molecular weight is 269 g/mol. The highest BCUT2D eigenvalue weighted by Gasteiger charge is 2.42. The molecule has 0 aromatic carbocycles. The SMILES string of the molecule is N[C@@H](CCSC[C@H]1OC(O)[C@H](O)[C@@H]1F)C(=O)O. The van der Waals surface area contributed by atoms with Crippen LogP contribution in [0.5, 0.6) is 0 Å². The van der Waals surface area contributed by atoms with Gasteiger partial charge in [-0.3, -0.25) is 4.79 Å². The highest BCUT2D eigenvalue weighted by atomic mass is 32.2. The quantitative estimate of drug-likeness (QED) is 0.454. The number of alkyl halides is 1. The van der Waals surface area contributed by atoms with Crippen molar-refractivity contribution in [3.8, 4) is 0 Å². The van der Waals surface area contributed by atoms with Crippen LogP contribution in [-0.2, 0) is 9.53 Å². The number of aliphatic hydroxyl groups is 2. The van der Waals surface area contributed by atoms with E-state index in [0.717, 1.165) is 0 Å². The van der Waals surface area contributed by atoms with Gasteiger partial charge in [0, 0.05) is 5.75 Å². The van der Waals surface area contributed by atoms with Gasteiger partial charge in [0.1, 0.15) is 18.2 Å². The number of carboxylic acid groups (broad SMARTS) is 1. The standard InChI is InChI=1S/C9H16FNO5S/c10-6-5(16-9(15)7(6)12)3-17-2-1-4(11)8(13)14/h4-7,9,12,15H,1-3,11H2,(H,13,14)/t4-,5+,6+,7+,9?/m0/s1. The van der Waals surface area contributed by atoms with Crippen LogP contribution in [0.15, 0.2) is 0 Å². The Kier molecular flexibility index (Phi) is 5.60. The number of ether oxygens (including phenoxy) is 1. The minimum Gasteiger partial charge on any atom is -0.480 e. The van der Waals surface area contributed by atoms with Crippen LogP contribution in [0.25, 0.3) is 0 Å². The number of nitrogens with two attached hydrogens (primary N) is 1. The van der Waals surface area contributed by atoms with Gasteiger partial charge in [0.05, 0.1) is 0 Å². The summed E-state index contributed by atoms with van der Waals surface area (Å²) < 4.78 is 18.1. The van der Waals surface area contributed by atoms with Gasteiger partial charge < -0.3 is 25.8 Å². The van der Waals surface area contributed by atoms with Gasteiger partial charge >= 0.3 is 5.97 Å². The highest BCUT2D eigenvalue weighted by Crippen LogP contribution is 2.25. The zero-order valence-corrected chi connectivity index (χ0v) is 9.85. The lowest BCUT2D eigenvalue weighted by atomic mass is 10.2. The Hall–Kier alpha value is -0.410. The smallest absolute Gasteiger partial charge is 0.320 e. The monoisotopic (exact) mass is 269 g/mol. The first-order chi connectivity index (χ1) is 7.93. The van der Waals surface area contributed by atoms with Gasteiger partial charge in [0.15, 0.2) is 12.5 Å². The lowest BCUT2D eigenvalue weighted by Crippen LogP contribution is -2.31. The van der Waals surface area contributed by atoms with Gasteiger partial charge in [-0.05, 0) is 12.2 Å². The number of hydrogen-bond acceptors (Lipinski definition) is 6. The molecule has 0 aliphatic carbocycles. The van der Waals surface area contributed by atoms with Crippen molar-refractivity contribution in [3.05, 3.63) is 0 Å². The highest BCUT2D eigenvalue weighted by molar-refractivity contribution is 7.99. The number of thioether (sulfide) groups is 1. The molecule has 17 heavy (non-hydrogen) atoms. The Morgan fingerprint density at radius 1 is 1.53 bits per heavy atom. The molecule has 1 heterocycles. The summed E-state index contributed by atoms with van der Waals surface area (Å²) in [7, 11) is 0. The third-order valence-corrected chi connectivity index (χ3v) is 3.55. The number of carbonyl (C=O) groups is 1. The van der Waals surface area contributed by atoms with E-state index in [-0.39, 0.29) is 12.2 Å². The van der Waals surface area contributed by atoms with E-state index in [0.29, 0.717) is 5.75 Å². The van der Waals surface area contributed by atoms with Crippen molar-refractivity contribution >= 4 is 17.7 Å². The van der Waals surface area contributed by atoms with Crippen molar-refractivity contribution in [1.29, 1.82) is 0 Å². The minimum atomic E-state index is -1.62. The molecule has 0 radical (unpaired) electrons. The van der Waals surface area contributed by atoms with Crippen LogP contribution < -0.4 is 5.73 Å². The lowest BCUT2D eigenvalue weighted by molar-refractivity contribution is -0.138. The van der Waals surface area contributed by atoms with Crippen LogP contribution in [0.4, 0.5) is 4.39 Å². The minimum absolute atomic E-state index is 0.238. The number of aliphatic hydroxyl groups excluding tert-OH is 2. The fourth-order valence-electron chi connectivity index (χ4n) is 1.38. The summed E-state index contributed by atoms with van der Waals surface area (Å²) in [5, 5.41) is 26.7. The lowest BCUT2D eigenvalue weighted by Gasteiger charge is -2.12. The Morgan fingerprint density at radius 3 is 2.65 bits per heavy atom. The first kappa shape index (κ1) is 14.7. The Labute approximate surface area is 102 Å². The first-order valence-corrected chi connectivity index (χ1v) is 6.30. The van der Waals surface area contributed by atoms with Gasteiger partial charge in [-0.15, -0.1) is 0 Å². The summed E-state index contributed by atoms with van der Waals surface area (Å²) in [6.45, 7) is 0. The third-order valence-electron chi connectivity index (χ3n) is 2.46. The zero-order chi connectivity index (χ0) is 13.0. The second-order valence-electron chi connectivity index (χ2n) is 3.81. The summed E-state index contributed by atoms with van der Waals surface area (Å²) in [5.74, 6) is -0.384. The largest absolute Gasteiger partial charge is 0.480 e. The molecule has 1 fully saturated rings. The molecule has 0 bridgehead atoms. The van der Waals surface area contributed by atoms with Crippen LogP contribution >= 0.6 is 11.8 Å². The number of hydrogen-bond donors (Lipinski definition) is 4. The predicted molar refractivity (Wildman–Crippen MR) is 59.3 cm³/mol. The molecule has 5 N–H and O–H groups in total. The molecule has 0 spiro atoms. The van der Waals surface area contributed by atoms with E-state index >= 15 is 0 Å². The maximum atomic E-state index is 13.3. The van der Waals surface area contributed by atoms with E-state index in [1.165, 1.54) is 11.8 Å². The van der Waals surface area contributed by atoms with Gasteiger partial charge in [-0.2, -0.15) is 11.8 Å². The fourth-order valence-corrected chi connectivity index (χ4v) is 2.46. The molecule has 8 heteroatoms. The molecule has 5 atom stereocenters. The number of halogens is 1. The molecule has 1 aliphatic heterocycles. The molecular weight excluding hydrogens is 253 g/mol. The van der Waals surface area contributed by atoms with Crippen molar-refractivity contribution in [2.24, 2.45) is 5.73 Å². The first-order valence-electron chi connectivity index (χ1n) is 5.15. The maximum Gasteiger partial charge on any atom is 0.320 e. The van der Waals surface area contributed by atoms with Crippen molar-refractivity contribution in [1.82, 2.24) is 0 Å². The van der Waals surface area contributed by atoms with Crippen LogP contribution in [0, 0.1) is 0 Å². The maximum absolute atomic E-state index is 13.3. The van der Waals surface area contributed by atoms with Crippen LogP contribution in [0.3, 0.4) is 0 Å². The molecule has 0 aromatic rings. The molecule has 1 saturated heterocycles. The van der Waals surface area contributed by atoms with Crippen LogP contribution in [-0.4, -0.2) is 63.5 Å². The van der Waals surface area contributed by atoms with Crippen molar-refractivity contribution in [3.63, 3.8) is 0 Å². The topological polar surface area (TPSA) is 113 Å². The average Bonchev–Trinajstić information content (AvgIpc) is 2.52. The second kappa shape index (κ2) is 6.50. The Bertz CT molecular complexity index is 270. The molecule has 0 aromatic heterocycles. The molecule has 100 valence electrons. The number of aliphatic carboxylic acids is 1. The molecule has 6 nitrogen and oxygen atoms in total. The summed E-state index contributed by atoms with van der Waals surface area (Å²) in [5.41, 5.74) is 5.28. The molecule has 1 unspecified atom stereocenters. The van der Waals surface area contributed by atoms with Gasteiger partial charge in [-0.25, -0.2) is 4.39 Å². The molecule has 0 saturated carbocycles. The summed E-state index contributed by atoms with van der Waals surface area (Å²) in [6, 6.07) is -0.927. The van der Waals surface area contributed by atoms with E-state index in [4.69, 9.17) is 25.8 Å². The summed E-state index contributed by atoms with van der Waals surface area (Å²) >= 11 is 1.27. The van der Waals surface area contributed by atoms with Crippen molar-refractivity contribution in [2.45, 2.75) is 37.1 Å². The van der Waals surface area contributed by atoms with Crippen molar-refractivity contribution < 1.29 is 29.2 Å². The fraction of sp³-hybridized carbons (Fsp3) is 0.889. The van der Waals surface area contributed by atoms with Crippen LogP contribution in [0.1, 0.15) is 6.42 Å². The van der Waals surface area contributed by atoms with E-state index in [9.17, 15) is 9.18 Å². The van der Waals surface area contributed by atoms with E-state index < -0.39 is 36.7 Å². The summed E-state index contributed by atoms with van der Waals surface area (Å²) in [6.07, 6.45) is -5.22. The number of rotatable bonds is 6. The zero-order valence-electron chi connectivity index (χ0n) is 9.03. The predicted octanol–water partition coefficient (Wildman–Crippen LogP) is -1.06. The Morgan fingerprint density at radius 2 is 2.18 bits per heavy atom. The van der Waals surface area contributed by atoms with E-state index in [1.54, 1.807) is 0 Å². The second-order valence-corrected chi connectivity index (χ2v) is 4.96. The molecule has 1 aliphatic rings. The molecule has 0 amide bonds. The normalized spacial score (nSPS) is 34.8. The van der Waals surface area contributed by atoms with Gasteiger partial charge in [0.2, 0.25) is 0 Å². The summed E-state index contributed by atoms with van der Waals surface area (Å²) in [4.78, 5) is 10.4. The Balaban J connectivity index is 2.17. The van der Waals surface area contributed by atoms with Gasteiger partial charge in [-0.1, -0.05) is 0 Å².